The summed E-state index contributed by atoms with van der Waals surface area (Å²) in [4.78, 5) is 14.3. The van der Waals surface area contributed by atoms with E-state index in [4.69, 9.17) is 10.4 Å². The van der Waals surface area contributed by atoms with E-state index in [9.17, 15) is 10.1 Å². The minimum atomic E-state index is -0.583. The number of hydrogen-bond acceptors (Lipinski definition) is 6. The summed E-state index contributed by atoms with van der Waals surface area (Å²) in [5.74, 6) is 0.105. The lowest BCUT2D eigenvalue weighted by atomic mass is 10.1. The van der Waals surface area contributed by atoms with Crippen molar-refractivity contribution in [2.75, 3.05) is 5.32 Å². The molecule has 0 unspecified atom stereocenters. The van der Waals surface area contributed by atoms with Crippen LogP contribution >= 0.6 is 0 Å². The van der Waals surface area contributed by atoms with E-state index < -0.39 is 4.92 Å². The molecule has 1 aromatic heterocycles. The van der Waals surface area contributed by atoms with Crippen molar-refractivity contribution in [2.24, 2.45) is 0 Å². The van der Waals surface area contributed by atoms with E-state index in [2.05, 4.69) is 10.3 Å². The molecule has 0 saturated carbocycles. The van der Waals surface area contributed by atoms with Crippen LogP contribution in [0.3, 0.4) is 0 Å². The number of nitriles is 1. The van der Waals surface area contributed by atoms with Crippen LogP contribution in [-0.2, 0) is 13.2 Å². The lowest BCUT2D eigenvalue weighted by molar-refractivity contribution is -0.384. The molecule has 0 aliphatic heterocycles. The zero-order chi connectivity index (χ0) is 15.2. The molecule has 0 radical (unpaired) electrons. The molecule has 0 bridgehead atoms. The Bertz CT molecular complexity index is 710. The highest BCUT2D eigenvalue weighted by molar-refractivity contribution is 5.58. The molecule has 106 valence electrons. The lowest BCUT2D eigenvalue weighted by Gasteiger charge is -2.07. The van der Waals surface area contributed by atoms with E-state index in [-0.39, 0.29) is 23.7 Å². The molecule has 0 aliphatic rings. The predicted molar refractivity (Wildman–Crippen MR) is 75.3 cm³/mol. The minimum Gasteiger partial charge on any atom is -0.392 e. The van der Waals surface area contributed by atoms with Gasteiger partial charge in [0.05, 0.1) is 17.1 Å². The fraction of sp³-hybridized carbons (Fsp3) is 0.143. The van der Waals surface area contributed by atoms with E-state index in [0.29, 0.717) is 6.54 Å². The van der Waals surface area contributed by atoms with E-state index in [1.807, 2.05) is 12.1 Å². The molecule has 2 aromatic rings. The Balaban J connectivity index is 2.19. The first-order valence-electron chi connectivity index (χ1n) is 6.11. The van der Waals surface area contributed by atoms with Crippen LogP contribution in [0.1, 0.15) is 16.7 Å². The van der Waals surface area contributed by atoms with Crippen molar-refractivity contribution in [3.8, 4) is 6.07 Å². The van der Waals surface area contributed by atoms with Gasteiger partial charge in [-0.2, -0.15) is 5.26 Å². The van der Waals surface area contributed by atoms with Crippen LogP contribution in [0.15, 0.2) is 36.5 Å². The second-order valence-corrected chi connectivity index (χ2v) is 4.29. The Hall–Kier alpha value is -2.98. The number of nitrogens with one attached hydrogen (secondary N) is 1. The number of aromatic nitrogens is 1. The molecule has 7 nitrogen and oxygen atoms in total. The first kappa shape index (κ1) is 14.4. The summed E-state index contributed by atoms with van der Waals surface area (Å²) in [5.41, 5.74) is 1.51. The van der Waals surface area contributed by atoms with Gasteiger partial charge < -0.3 is 10.4 Å². The lowest BCUT2D eigenvalue weighted by Crippen LogP contribution is -2.05. The van der Waals surface area contributed by atoms with Gasteiger partial charge in [0.1, 0.15) is 6.07 Å². The summed E-state index contributed by atoms with van der Waals surface area (Å²) >= 11 is 0. The fourth-order valence-electron chi connectivity index (χ4n) is 1.81. The third kappa shape index (κ3) is 3.52. The molecule has 7 heteroatoms. The molecule has 0 fully saturated rings. The molecule has 0 spiro atoms. The molecule has 1 heterocycles. The van der Waals surface area contributed by atoms with Crippen molar-refractivity contribution in [1.82, 2.24) is 4.98 Å². The van der Waals surface area contributed by atoms with E-state index >= 15 is 0 Å². The van der Waals surface area contributed by atoms with Gasteiger partial charge in [-0.05, 0) is 11.1 Å². The van der Waals surface area contributed by atoms with Crippen LogP contribution in [0.4, 0.5) is 11.5 Å². The maximum Gasteiger partial charge on any atom is 0.312 e. The van der Waals surface area contributed by atoms with Gasteiger partial charge in [-0.1, -0.05) is 24.3 Å². The molecule has 21 heavy (non-hydrogen) atoms. The molecule has 1 aromatic carbocycles. The molecular weight excluding hydrogens is 272 g/mol. The number of aliphatic hydroxyl groups excluding tert-OH is 1. The maximum absolute atomic E-state index is 11.0. The molecule has 0 atom stereocenters. The first-order chi connectivity index (χ1) is 10.1. The first-order valence-corrected chi connectivity index (χ1v) is 6.11. The van der Waals surface area contributed by atoms with Crippen LogP contribution in [0, 0.1) is 21.4 Å². The average Bonchev–Trinajstić information content (AvgIpc) is 2.52. The summed E-state index contributed by atoms with van der Waals surface area (Å²) in [7, 11) is 0. The predicted octanol–water partition coefficient (Wildman–Crippen LogP) is 1.97. The standard InChI is InChI=1S/C14H12N4O3/c15-6-12-5-13(18(20)21)14(17-8-12)16-7-10-2-1-3-11(4-10)9-19/h1-5,8,19H,7,9H2,(H,16,17). The number of pyridine rings is 1. The van der Waals surface area contributed by atoms with Crippen molar-refractivity contribution >= 4 is 11.5 Å². The van der Waals surface area contributed by atoms with Gasteiger partial charge in [-0.3, -0.25) is 10.1 Å². The van der Waals surface area contributed by atoms with Gasteiger partial charge in [-0.15, -0.1) is 0 Å². The summed E-state index contributed by atoms with van der Waals surface area (Å²) in [6, 6.07) is 10.2. The summed E-state index contributed by atoms with van der Waals surface area (Å²) in [6.07, 6.45) is 1.28. The zero-order valence-electron chi connectivity index (χ0n) is 11.0. The summed E-state index contributed by atoms with van der Waals surface area (Å²) in [5, 5.41) is 31.7. The molecule has 2 rings (SSSR count). The number of nitrogens with zero attached hydrogens (tertiary/aromatic N) is 3. The Morgan fingerprint density at radius 2 is 2.14 bits per heavy atom. The summed E-state index contributed by atoms with van der Waals surface area (Å²) in [6.45, 7) is 0.261. The van der Waals surface area contributed by atoms with Crippen molar-refractivity contribution in [2.45, 2.75) is 13.2 Å². The molecule has 0 saturated heterocycles. The van der Waals surface area contributed by atoms with Crippen LogP contribution in [-0.4, -0.2) is 15.0 Å². The number of benzene rings is 1. The molecule has 0 amide bonds. The smallest absolute Gasteiger partial charge is 0.312 e. The van der Waals surface area contributed by atoms with Crippen LogP contribution in [0.5, 0.6) is 0 Å². The Kier molecular flexibility index (Phi) is 4.43. The van der Waals surface area contributed by atoms with Gasteiger partial charge in [0.25, 0.3) is 0 Å². The normalized spacial score (nSPS) is 9.90. The Morgan fingerprint density at radius 3 is 2.81 bits per heavy atom. The molecule has 2 N–H and O–H groups in total. The third-order valence-electron chi connectivity index (χ3n) is 2.83. The van der Waals surface area contributed by atoms with Crippen LogP contribution in [0.2, 0.25) is 0 Å². The zero-order valence-corrected chi connectivity index (χ0v) is 11.0. The van der Waals surface area contributed by atoms with Crippen molar-refractivity contribution < 1.29 is 10.0 Å². The Morgan fingerprint density at radius 1 is 1.38 bits per heavy atom. The van der Waals surface area contributed by atoms with Gasteiger partial charge in [0, 0.05) is 18.8 Å². The Labute approximate surface area is 120 Å². The van der Waals surface area contributed by atoms with Crippen molar-refractivity contribution in [1.29, 1.82) is 5.26 Å². The molecule has 0 aliphatic carbocycles. The summed E-state index contributed by atoms with van der Waals surface area (Å²) < 4.78 is 0. The second kappa shape index (κ2) is 6.45. The molecular formula is C14H12N4O3. The van der Waals surface area contributed by atoms with E-state index in [0.717, 1.165) is 11.1 Å². The minimum absolute atomic E-state index is 0.0664. The van der Waals surface area contributed by atoms with Gasteiger partial charge in [-0.25, -0.2) is 4.98 Å². The number of aliphatic hydroxyl groups is 1. The average molecular weight is 284 g/mol. The van der Waals surface area contributed by atoms with Crippen LogP contribution in [0.25, 0.3) is 0 Å². The van der Waals surface area contributed by atoms with Gasteiger partial charge in [0.15, 0.2) is 0 Å². The number of anilines is 1. The third-order valence-corrected chi connectivity index (χ3v) is 2.83. The van der Waals surface area contributed by atoms with Gasteiger partial charge >= 0.3 is 5.69 Å². The highest BCUT2D eigenvalue weighted by Gasteiger charge is 2.16. The SMILES string of the molecule is N#Cc1cnc(NCc2cccc(CO)c2)c([N+](=O)[O-])c1. The van der Waals surface area contributed by atoms with E-state index in [1.54, 1.807) is 18.2 Å². The number of nitro groups is 1. The second-order valence-electron chi connectivity index (χ2n) is 4.29. The van der Waals surface area contributed by atoms with Gasteiger partial charge in [0.2, 0.25) is 5.82 Å². The highest BCUT2D eigenvalue weighted by Crippen LogP contribution is 2.23. The number of rotatable bonds is 5. The van der Waals surface area contributed by atoms with Crippen molar-refractivity contribution in [3.05, 3.63) is 63.3 Å². The van der Waals surface area contributed by atoms with E-state index in [1.165, 1.54) is 12.3 Å². The fourth-order valence-corrected chi connectivity index (χ4v) is 1.81. The highest BCUT2D eigenvalue weighted by atomic mass is 16.6. The quantitative estimate of drug-likeness (QED) is 0.641. The monoisotopic (exact) mass is 284 g/mol. The van der Waals surface area contributed by atoms with Crippen LogP contribution < -0.4 is 5.32 Å². The van der Waals surface area contributed by atoms with Crippen molar-refractivity contribution in [3.63, 3.8) is 0 Å². The maximum atomic E-state index is 11.0. The largest absolute Gasteiger partial charge is 0.392 e. The topological polar surface area (TPSA) is 112 Å². The number of hydrogen-bond donors (Lipinski definition) is 2.